The fourth-order valence-corrected chi connectivity index (χ4v) is 9.02. The van der Waals surface area contributed by atoms with Crippen LogP contribution in [0.25, 0.3) is 0 Å². The van der Waals surface area contributed by atoms with Gasteiger partial charge in [-0.3, -0.25) is 29.0 Å². The third kappa shape index (κ3) is 14.1. The highest BCUT2D eigenvalue weighted by atomic mass is 19.1. The van der Waals surface area contributed by atoms with Gasteiger partial charge >= 0.3 is 12.2 Å². The van der Waals surface area contributed by atoms with Crippen molar-refractivity contribution >= 4 is 52.9 Å². The molecule has 4 atom stereocenters. The van der Waals surface area contributed by atoms with Crippen LogP contribution in [0.3, 0.4) is 0 Å². The smallest absolute Gasteiger partial charge is 0.411 e. The van der Waals surface area contributed by atoms with Crippen molar-refractivity contribution in [3.05, 3.63) is 126 Å². The van der Waals surface area contributed by atoms with Gasteiger partial charge in [0.2, 0.25) is 17.7 Å². The van der Waals surface area contributed by atoms with Gasteiger partial charge in [0.1, 0.15) is 41.2 Å². The van der Waals surface area contributed by atoms with Gasteiger partial charge in [0.15, 0.2) is 0 Å². The number of benzene rings is 4. The van der Waals surface area contributed by atoms with Crippen LogP contribution in [0.1, 0.15) is 111 Å². The van der Waals surface area contributed by atoms with Crippen LogP contribution in [0.2, 0.25) is 0 Å². The molecule has 0 radical (unpaired) electrons. The molecular weight excluding hydrogens is 906 g/mol. The van der Waals surface area contributed by atoms with E-state index in [4.69, 9.17) is 9.47 Å². The predicted octanol–water partition coefficient (Wildman–Crippen LogP) is 9.54. The van der Waals surface area contributed by atoms with Gasteiger partial charge in [-0.05, 0) is 153 Å². The summed E-state index contributed by atoms with van der Waals surface area (Å²) < 4.78 is 25.4. The van der Waals surface area contributed by atoms with Gasteiger partial charge in [0.25, 0.3) is 5.91 Å². The predicted molar refractivity (Wildman–Crippen MR) is 272 cm³/mol. The van der Waals surface area contributed by atoms with Gasteiger partial charge in [-0.1, -0.05) is 54.6 Å². The molecule has 4 aromatic rings. The average Bonchev–Trinajstić information content (AvgIpc) is 4.03. The van der Waals surface area contributed by atoms with Crippen LogP contribution in [0.5, 0.6) is 0 Å². The Morgan fingerprint density at radius 3 is 1.49 bits per heavy atom. The number of ether oxygens (including phenoxy) is 2. The molecule has 4 aromatic carbocycles. The van der Waals surface area contributed by atoms with E-state index in [0.717, 1.165) is 16.8 Å². The first-order chi connectivity index (χ1) is 33.7. The van der Waals surface area contributed by atoms with Crippen molar-refractivity contribution in [2.75, 3.05) is 41.7 Å². The lowest BCUT2D eigenvalue weighted by Crippen LogP contribution is -2.53. The van der Waals surface area contributed by atoms with E-state index in [1.807, 2.05) is 54.6 Å². The summed E-state index contributed by atoms with van der Waals surface area (Å²) in [6.45, 7) is 18.0. The van der Waals surface area contributed by atoms with Crippen molar-refractivity contribution in [2.45, 2.75) is 136 Å². The van der Waals surface area contributed by atoms with E-state index in [1.165, 1.54) is 21.9 Å². The van der Waals surface area contributed by atoms with Crippen molar-refractivity contribution in [3.8, 4) is 0 Å². The zero-order valence-corrected chi connectivity index (χ0v) is 42.6. The molecular formula is C55H70FN7O8. The molecule has 0 bridgehead atoms. The molecule has 6 rings (SSSR count). The van der Waals surface area contributed by atoms with Crippen LogP contribution in [-0.2, 0) is 41.7 Å². The van der Waals surface area contributed by atoms with Gasteiger partial charge in [0.05, 0.1) is 0 Å². The van der Waals surface area contributed by atoms with Gasteiger partial charge in [-0.25, -0.2) is 14.0 Å². The first-order valence-electron chi connectivity index (χ1n) is 24.6. The van der Waals surface area contributed by atoms with Crippen LogP contribution in [0, 0.1) is 5.82 Å². The van der Waals surface area contributed by atoms with Crippen molar-refractivity contribution in [1.82, 2.24) is 19.6 Å². The Morgan fingerprint density at radius 1 is 0.620 bits per heavy atom. The Labute approximate surface area is 417 Å². The molecule has 2 saturated heterocycles. The fraction of sp³-hybridized carbons (Fsp3) is 0.455. The maximum absolute atomic E-state index is 14.5. The third-order valence-electron chi connectivity index (χ3n) is 12.5. The number of likely N-dealkylation sites (tertiary alicyclic amines) is 2. The molecule has 15 nitrogen and oxygen atoms in total. The van der Waals surface area contributed by atoms with E-state index in [9.17, 15) is 33.2 Å². The van der Waals surface area contributed by atoms with E-state index in [-0.39, 0.29) is 42.5 Å². The molecule has 2 N–H and O–H groups in total. The third-order valence-corrected chi connectivity index (χ3v) is 12.5. The van der Waals surface area contributed by atoms with Crippen LogP contribution in [0.15, 0.2) is 103 Å². The number of rotatable bonds is 16. The summed E-state index contributed by atoms with van der Waals surface area (Å²) in [6, 6.07) is 26.9. The fourth-order valence-electron chi connectivity index (χ4n) is 9.02. The van der Waals surface area contributed by atoms with Crippen molar-refractivity contribution in [1.29, 1.82) is 0 Å². The highest BCUT2D eigenvalue weighted by Crippen LogP contribution is 2.31. The summed E-state index contributed by atoms with van der Waals surface area (Å²) in [4.78, 5) is 90.0. The van der Waals surface area contributed by atoms with Crippen molar-refractivity contribution in [2.24, 2.45) is 0 Å². The SMILES string of the molecule is CCN(C(=O)OC(C)(C)C)C(C)C(=O)N1CCCC1C(=O)Nc1ccc(CN(Cc2ccc(NC(=O)C3CCCN3C(=O)C(c3ccccc3)N(CC)C(=O)OC(C)(C)C)cc2)c2ccc(F)cc2)cc1. The second kappa shape index (κ2) is 23.3. The molecule has 2 aliphatic heterocycles. The number of anilines is 3. The number of halogens is 1. The van der Waals surface area contributed by atoms with Crippen LogP contribution in [-0.4, -0.2) is 111 Å². The second-order valence-corrected chi connectivity index (χ2v) is 20.1. The summed E-state index contributed by atoms with van der Waals surface area (Å²) in [7, 11) is 0. The Kier molecular flexibility index (Phi) is 17.5. The molecule has 0 saturated carbocycles. The lowest BCUT2D eigenvalue weighted by atomic mass is 10.0. The first-order valence-corrected chi connectivity index (χ1v) is 24.6. The number of nitrogens with zero attached hydrogens (tertiary/aromatic N) is 5. The second-order valence-electron chi connectivity index (χ2n) is 20.1. The lowest BCUT2D eigenvalue weighted by molar-refractivity contribution is -0.141. The number of hydrogen-bond donors (Lipinski definition) is 2. The Balaban J connectivity index is 1.10. The maximum Gasteiger partial charge on any atom is 0.411 e. The molecule has 0 spiro atoms. The number of carbonyl (C=O) groups excluding carboxylic acids is 6. The zero-order valence-electron chi connectivity index (χ0n) is 42.6. The number of carbonyl (C=O) groups is 6. The molecule has 6 amide bonds. The van der Waals surface area contributed by atoms with Crippen LogP contribution < -0.4 is 15.5 Å². The molecule has 71 heavy (non-hydrogen) atoms. The Hall–Kier alpha value is -6.97. The first kappa shape index (κ1) is 53.4. The van der Waals surface area contributed by atoms with Gasteiger partial charge in [0, 0.05) is 56.3 Å². The highest BCUT2D eigenvalue weighted by molar-refractivity contribution is 6.00. The summed E-state index contributed by atoms with van der Waals surface area (Å²) in [6.07, 6.45) is 1.04. The van der Waals surface area contributed by atoms with Gasteiger partial charge in [-0.15, -0.1) is 0 Å². The summed E-state index contributed by atoms with van der Waals surface area (Å²) in [5, 5.41) is 5.98. The van der Waals surface area contributed by atoms with E-state index in [0.29, 0.717) is 68.8 Å². The molecule has 2 fully saturated rings. The molecule has 2 aliphatic rings. The summed E-state index contributed by atoms with van der Waals surface area (Å²) >= 11 is 0. The van der Waals surface area contributed by atoms with E-state index in [1.54, 1.807) is 109 Å². The number of amides is 6. The minimum atomic E-state index is -0.986. The standard InChI is InChI=1S/C55H70FN7O8/c1-10-60(52(68)70-54(4,5)6)37(3)50(66)62-33-15-19-45(62)48(64)57-42-27-21-38(22-28-42)35-59(44-31-25-41(56)26-32-44)36-39-23-29-43(30-24-39)58-49(65)46-20-16-34-63(46)51(67)47(40-17-13-12-14-18-40)61(11-2)53(69)71-55(7,8)9/h12-14,17-18,21-32,37,45-47H,10-11,15-16,19-20,33-36H2,1-9H3,(H,57,64)(H,58,65). The topological polar surface area (TPSA) is 161 Å². The molecule has 0 aliphatic carbocycles. The normalized spacial score (nSPS) is 16.6. The minimum Gasteiger partial charge on any atom is -0.444 e. The number of nitrogens with one attached hydrogen (secondary N) is 2. The lowest BCUT2D eigenvalue weighted by Gasteiger charge is -2.35. The minimum absolute atomic E-state index is 0.215. The quantitative estimate of drug-likeness (QED) is 0.111. The van der Waals surface area contributed by atoms with Crippen LogP contribution in [0.4, 0.5) is 31.0 Å². The van der Waals surface area contributed by atoms with Gasteiger partial charge in [-0.2, -0.15) is 0 Å². The molecule has 2 heterocycles. The van der Waals surface area contributed by atoms with Crippen LogP contribution >= 0.6 is 0 Å². The average molecular weight is 976 g/mol. The Morgan fingerprint density at radius 2 is 1.06 bits per heavy atom. The van der Waals surface area contributed by atoms with Crippen molar-refractivity contribution < 1.29 is 42.6 Å². The zero-order chi connectivity index (χ0) is 51.6. The van der Waals surface area contributed by atoms with Crippen molar-refractivity contribution in [3.63, 3.8) is 0 Å². The van der Waals surface area contributed by atoms with E-state index >= 15 is 0 Å². The summed E-state index contributed by atoms with van der Waals surface area (Å²) in [5.41, 5.74) is 2.86. The molecule has 0 aromatic heterocycles. The molecule has 4 unspecified atom stereocenters. The van der Waals surface area contributed by atoms with Gasteiger partial charge < -0.3 is 34.8 Å². The Bertz CT molecular complexity index is 2480. The molecule has 16 heteroatoms. The van der Waals surface area contributed by atoms with E-state index < -0.39 is 47.6 Å². The number of hydrogen-bond acceptors (Lipinski definition) is 9. The maximum atomic E-state index is 14.5. The monoisotopic (exact) mass is 976 g/mol. The van der Waals surface area contributed by atoms with E-state index in [2.05, 4.69) is 15.5 Å². The number of likely N-dealkylation sites (N-methyl/N-ethyl adjacent to an activating group) is 2. The highest BCUT2D eigenvalue weighted by Gasteiger charge is 2.42. The molecule has 380 valence electrons. The summed E-state index contributed by atoms with van der Waals surface area (Å²) in [5.74, 6) is -1.67. The largest absolute Gasteiger partial charge is 0.444 e.